The number of carbonyl (C=O) groups excluding carboxylic acids is 2. The smallest absolute Gasteiger partial charge is 0.225 e. The maximum Gasteiger partial charge on any atom is 0.225 e. The summed E-state index contributed by atoms with van der Waals surface area (Å²) in [5.41, 5.74) is 0. The van der Waals surface area contributed by atoms with Crippen LogP contribution in [0.1, 0.15) is 25.7 Å². The molecule has 0 aromatic heterocycles. The number of carbonyl (C=O) groups is 2. The monoisotopic (exact) mass is 261 g/mol. The summed E-state index contributed by atoms with van der Waals surface area (Å²) >= 11 is 1.26. The van der Waals surface area contributed by atoms with Crippen LogP contribution < -0.4 is 0 Å². The highest BCUT2D eigenvalue weighted by atomic mass is 32.2. The average Bonchev–Trinajstić information content (AvgIpc) is 2.38. The highest BCUT2D eigenvalue weighted by Crippen LogP contribution is 2.36. The second-order valence-corrected chi connectivity index (χ2v) is 5.92. The van der Waals surface area contributed by atoms with Gasteiger partial charge in [-0.1, -0.05) is 18.2 Å². The molecule has 2 fully saturated rings. The summed E-state index contributed by atoms with van der Waals surface area (Å²) in [6.45, 7) is 0. The van der Waals surface area contributed by atoms with Gasteiger partial charge in [-0.3, -0.25) is 9.59 Å². The van der Waals surface area contributed by atoms with E-state index >= 15 is 0 Å². The molecule has 2 saturated heterocycles. The number of β-lactam (4-membered cyclic amide) rings is 1. The lowest BCUT2D eigenvalue weighted by molar-refractivity contribution is -0.156. The van der Waals surface area contributed by atoms with Gasteiger partial charge in [0.1, 0.15) is 6.04 Å². The molecule has 0 aliphatic carbocycles. The Hall–Kier alpha value is -1.29. The second-order valence-electron chi connectivity index (χ2n) is 4.84. The van der Waals surface area contributed by atoms with E-state index in [0.717, 1.165) is 24.2 Å². The third-order valence-electron chi connectivity index (χ3n) is 3.68. The highest BCUT2D eigenvalue weighted by molar-refractivity contribution is 8.13. The predicted octanol–water partition coefficient (Wildman–Crippen LogP) is 2.46. The van der Waals surface area contributed by atoms with Crippen LogP contribution in [0.2, 0.25) is 0 Å². The Morgan fingerprint density at radius 1 is 1.22 bits per heavy atom. The molecule has 0 bridgehead atoms. The zero-order valence-electron chi connectivity index (χ0n) is 10.0. The largest absolute Gasteiger partial charge is 0.328 e. The minimum Gasteiger partial charge on any atom is -0.328 e. The van der Waals surface area contributed by atoms with Crippen molar-refractivity contribution in [2.75, 3.05) is 0 Å². The van der Waals surface area contributed by atoms with E-state index in [0.29, 0.717) is 12.5 Å². The third-order valence-corrected chi connectivity index (χ3v) is 4.66. The highest BCUT2D eigenvalue weighted by Gasteiger charge is 2.45. The van der Waals surface area contributed by atoms with Crippen molar-refractivity contribution in [1.82, 2.24) is 4.90 Å². The molecule has 0 saturated carbocycles. The van der Waals surface area contributed by atoms with Gasteiger partial charge in [0.15, 0.2) is 0 Å². The van der Waals surface area contributed by atoms with Crippen molar-refractivity contribution in [3.8, 4) is 0 Å². The lowest BCUT2D eigenvalue weighted by Crippen LogP contribution is -2.61. The average molecular weight is 261 g/mol. The summed E-state index contributed by atoms with van der Waals surface area (Å²) in [6.07, 6.45) is 3.58. The summed E-state index contributed by atoms with van der Waals surface area (Å²) in [7, 11) is 0. The van der Waals surface area contributed by atoms with E-state index in [2.05, 4.69) is 0 Å². The van der Waals surface area contributed by atoms with Crippen molar-refractivity contribution in [3.05, 3.63) is 30.3 Å². The maximum absolute atomic E-state index is 12.3. The van der Waals surface area contributed by atoms with Gasteiger partial charge < -0.3 is 4.90 Å². The Morgan fingerprint density at radius 3 is 2.72 bits per heavy atom. The Balaban J connectivity index is 1.70. The van der Waals surface area contributed by atoms with E-state index in [1.807, 2.05) is 35.2 Å². The van der Waals surface area contributed by atoms with Gasteiger partial charge in [-0.25, -0.2) is 0 Å². The molecule has 2 atom stereocenters. The first kappa shape index (κ1) is 11.8. The van der Waals surface area contributed by atoms with Crippen molar-refractivity contribution in [1.29, 1.82) is 0 Å². The van der Waals surface area contributed by atoms with Gasteiger partial charge in [0.2, 0.25) is 11.0 Å². The van der Waals surface area contributed by atoms with Crippen LogP contribution in [0.4, 0.5) is 0 Å². The van der Waals surface area contributed by atoms with Crippen LogP contribution >= 0.6 is 11.8 Å². The Kier molecular flexibility index (Phi) is 3.12. The normalized spacial score (nSPS) is 26.4. The minimum atomic E-state index is -0.199. The van der Waals surface area contributed by atoms with Gasteiger partial charge in [0.25, 0.3) is 0 Å². The Morgan fingerprint density at radius 2 is 2.00 bits per heavy atom. The fourth-order valence-corrected chi connectivity index (χ4v) is 3.65. The molecule has 4 heteroatoms. The number of piperidine rings is 1. The quantitative estimate of drug-likeness (QED) is 0.606. The topological polar surface area (TPSA) is 37.4 Å². The van der Waals surface area contributed by atoms with Crippen LogP contribution in [0.15, 0.2) is 35.2 Å². The van der Waals surface area contributed by atoms with Crippen molar-refractivity contribution in [2.45, 2.75) is 42.7 Å². The first-order valence-corrected chi connectivity index (χ1v) is 7.15. The van der Waals surface area contributed by atoms with Gasteiger partial charge in [-0.05, 0) is 43.2 Å². The predicted molar refractivity (Wildman–Crippen MR) is 70.2 cm³/mol. The third kappa shape index (κ3) is 2.05. The molecule has 2 heterocycles. The van der Waals surface area contributed by atoms with Crippen LogP contribution in [0.5, 0.6) is 0 Å². The number of benzene rings is 1. The molecule has 94 valence electrons. The van der Waals surface area contributed by atoms with Crippen molar-refractivity contribution in [2.24, 2.45) is 0 Å². The number of hydrogen-bond donors (Lipinski definition) is 0. The van der Waals surface area contributed by atoms with E-state index in [1.165, 1.54) is 11.8 Å². The lowest BCUT2D eigenvalue weighted by atomic mass is 9.87. The first-order valence-electron chi connectivity index (χ1n) is 6.33. The van der Waals surface area contributed by atoms with E-state index in [-0.39, 0.29) is 17.1 Å². The summed E-state index contributed by atoms with van der Waals surface area (Å²) in [5.74, 6) is 0.145. The Bertz CT molecular complexity index is 474. The molecule has 2 aliphatic heterocycles. The number of thioether (sulfide) groups is 1. The number of amides is 1. The van der Waals surface area contributed by atoms with Crippen LogP contribution in [0, 0.1) is 0 Å². The van der Waals surface area contributed by atoms with Gasteiger partial charge in [-0.2, -0.15) is 0 Å². The summed E-state index contributed by atoms with van der Waals surface area (Å²) in [5, 5.41) is 0.110. The van der Waals surface area contributed by atoms with Gasteiger partial charge in [-0.15, -0.1) is 0 Å². The zero-order valence-corrected chi connectivity index (χ0v) is 10.9. The van der Waals surface area contributed by atoms with E-state index < -0.39 is 0 Å². The molecule has 0 radical (unpaired) electrons. The molecule has 2 aliphatic rings. The molecule has 18 heavy (non-hydrogen) atoms. The van der Waals surface area contributed by atoms with Crippen LogP contribution in [0.3, 0.4) is 0 Å². The van der Waals surface area contributed by atoms with Crippen molar-refractivity contribution >= 4 is 22.8 Å². The standard InChI is InChI=1S/C14H15NO2S/c16-13-9-10-5-4-8-12(15(10)13)14(17)18-11-6-2-1-3-7-11/h1-3,6-7,10,12H,4-5,8-9H2. The molecule has 3 nitrogen and oxygen atoms in total. The van der Waals surface area contributed by atoms with Crippen molar-refractivity contribution in [3.63, 3.8) is 0 Å². The maximum atomic E-state index is 12.3. The molecule has 1 aromatic rings. The number of hydrogen-bond acceptors (Lipinski definition) is 3. The number of fused-ring (bicyclic) bond motifs is 1. The van der Waals surface area contributed by atoms with Crippen LogP contribution in [0.25, 0.3) is 0 Å². The SMILES string of the molecule is O=C(Sc1ccccc1)C1CCCC2CC(=O)N21. The molecular weight excluding hydrogens is 246 g/mol. The number of nitrogens with zero attached hydrogens (tertiary/aromatic N) is 1. The van der Waals surface area contributed by atoms with E-state index in [9.17, 15) is 9.59 Å². The number of rotatable bonds is 2. The van der Waals surface area contributed by atoms with Gasteiger partial charge in [0, 0.05) is 17.4 Å². The minimum absolute atomic E-state index is 0.110. The van der Waals surface area contributed by atoms with E-state index in [4.69, 9.17) is 0 Å². The fraction of sp³-hybridized carbons (Fsp3) is 0.429. The van der Waals surface area contributed by atoms with Crippen LogP contribution in [-0.2, 0) is 9.59 Å². The molecule has 0 N–H and O–H groups in total. The van der Waals surface area contributed by atoms with E-state index in [1.54, 1.807) is 0 Å². The molecular formula is C14H15NO2S. The summed E-state index contributed by atoms with van der Waals surface area (Å²) in [4.78, 5) is 26.6. The fourth-order valence-electron chi connectivity index (χ4n) is 2.76. The second kappa shape index (κ2) is 4.76. The molecule has 1 amide bonds. The van der Waals surface area contributed by atoms with Crippen molar-refractivity contribution < 1.29 is 9.59 Å². The lowest BCUT2D eigenvalue weighted by Gasteiger charge is -2.48. The molecule has 2 unspecified atom stereocenters. The molecule has 1 aromatic carbocycles. The summed E-state index contributed by atoms with van der Waals surface area (Å²) in [6, 6.07) is 9.78. The molecule has 0 spiro atoms. The first-order chi connectivity index (χ1) is 8.75. The van der Waals surface area contributed by atoms with Gasteiger partial charge >= 0.3 is 0 Å². The van der Waals surface area contributed by atoms with Crippen LogP contribution in [-0.4, -0.2) is 28.0 Å². The van der Waals surface area contributed by atoms with Gasteiger partial charge in [0.05, 0.1) is 0 Å². The summed E-state index contributed by atoms with van der Waals surface area (Å²) < 4.78 is 0. The molecule has 3 rings (SSSR count). The Labute approximate surface area is 111 Å². The zero-order chi connectivity index (χ0) is 12.5.